The van der Waals surface area contributed by atoms with Crippen molar-refractivity contribution in [3.63, 3.8) is 0 Å². The van der Waals surface area contributed by atoms with Gasteiger partial charge in [0.2, 0.25) is 5.91 Å². The first kappa shape index (κ1) is 23.4. The van der Waals surface area contributed by atoms with Gasteiger partial charge >= 0.3 is 0 Å². The van der Waals surface area contributed by atoms with E-state index in [1.54, 1.807) is 41.4 Å². The monoisotopic (exact) mass is 499 g/mol. The minimum atomic E-state index is -3.46. The molecule has 0 unspecified atom stereocenters. The predicted octanol–water partition coefficient (Wildman–Crippen LogP) is 5.44. The van der Waals surface area contributed by atoms with Crippen LogP contribution in [-0.2, 0) is 21.2 Å². The molecule has 0 atom stereocenters. The molecule has 0 aliphatic heterocycles. The molecule has 2 aromatic heterocycles. The number of anilines is 1. The Hall–Kier alpha value is -2.81. The van der Waals surface area contributed by atoms with Gasteiger partial charge in [-0.15, -0.1) is 0 Å². The van der Waals surface area contributed by atoms with Crippen LogP contribution in [0.1, 0.15) is 24.1 Å². The van der Waals surface area contributed by atoms with E-state index in [9.17, 15) is 13.2 Å². The van der Waals surface area contributed by atoms with E-state index in [-0.39, 0.29) is 35.9 Å². The number of thiazole rings is 1. The SMILES string of the molecule is Cc1ccc(S(=O)(=O)CCCC(=O)N(Cc2ccccn2)c2nc3ccc(Cl)cc3s2)cc1. The third kappa shape index (κ3) is 5.76. The normalized spacial score (nSPS) is 11.6. The van der Waals surface area contributed by atoms with Gasteiger partial charge in [-0.25, -0.2) is 13.4 Å². The lowest BCUT2D eigenvalue weighted by Crippen LogP contribution is -2.30. The van der Waals surface area contributed by atoms with Gasteiger partial charge in [0.25, 0.3) is 0 Å². The van der Waals surface area contributed by atoms with Crippen molar-refractivity contribution < 1.29 is 13.2 Å². The number of aromatic nitrogens is 2. The first-order valence-electron chi connectivity index (χ1n) is 10.4. The van der Waals surface area contributed by atoms with Crippen LogP contribution in [-0.4, -0.2) is 30.0 Å². The molecule has 0 aliphatic rings. The second-order valence-corrected chi connectivity index (χ2v) is 11.2. The van der Waals surface area contributed by atoms with Crippen LogP contribution in [0.2, 0.25) is 5.02 Å². The average molecular weight is 500 g/mol. The van der Waals surface area contributed by atoms with Crippen molar-refractivity contribution in [1.82, 2.24) is 9.97 Å². The summed E-state index contributed by atoms with van der Waals surface area (Å²) in [5.41, 5.74) is 2.46. The first-order chi connectivity index (χ1) is 15.8. The van der Waals surface area contributed by atoms with Crippen LogP contribution in [0.3, 0.4) is 0 Å². The predicted molar refractivity (Wildman–Crippen MR) is 133 cm³/mol. The highest BCUT2D eigenvalue weighted by molar-refractivity contribution is 7.91. The van der Waals surface area contributed by atoms with Gasteiger partial charge in [0.15, 0.2) is 15.0 Å². The Bertz CT molecular complexity index is 1370. The molecule has 4 rings (SSSR count). The summed E-state index contributed by atoms with van der Waals surface area (Å²) in [5, 5.41) is 1.13. The van der Waals surface area contributed by atoms with Crippen LogP contribution in [0.25, 0.3) is 10.2 Å². The lowest BCUT2D eigenvalue weighted by atomic mass is 10.2. The summed E-state index contributed by atoms with van der Waals surface area (Å²) in [6.07, 6.45) is 1.96. The number of carbonyl (C=O) groups excluding carboxylic acids is 1. The number of amides is 1. The summed E-state index contributed by atoms with van der Waals surface area (Å²) < 4.78 is 26.2. The number of benzene rings is 2. The third-order valence-electron chi connectivity index (χ3n) is 5.10. The van der Waals surface area contributed by atoms with Gasteiger partial charge in [-0.05, 0) is 55.8 Å². The number of carbonyl (C=O) groups is 1. The number of hydrogen-bond donors (Lipinski definition) is 0. The quantitative estimate of drug-likeness (QED) is 0.322. The summed E-state index contributed by atoms with van der Waals surface area (Å²) >= 11 is 7.47. The molecule has 33 heavy (non-hydrogen) atoms. The maximum Gasteiger partial charge on any atom is 0.229 e. The lowest BCUT2D eigenvalue weighted by Gasteiger charge is -2.19. The summed E-state index contributed by atoms with van der Waals surface area (Å²) in [7, 11) is -3.46. The number of sulfone groups is 1. The van der Waals surface area contributed by atoms with E-state index in [1.807, 2.05) is 37.3 Å². The van der Waals surface area contributed by atoms with E-state index < -0.39 is 9.84 Å². The molecule has 170 valence electrons. The number of hydrogen-bond acceptors (Lipinski definition) is 6. The minimum absolute atomic E-state index is 0.0780. The Kier molecular flexibility index (Phi) is 7.07. The number of fused-ring (bicyclic) bond motifs is 1. The Morgan fingerprint density at radius 3 is 2.61 bits per heavy atom. The number of aryl methyl sites for hydroxylation is 1. The first-order valence-corrected chi connectivity index (χ1v) is 13.2. The van der Waals surface area contributed by atoms with Gasteiger partial charge in [0.05, 0.1) is 33.1 Å². The molecule has 0 bridgehead atoms. The molecule has 0 aliphatic carbocycles. The summed E-state index contributed by atoms with van der Waals surface area (Å²) in [6.45, 7) is 2.15. The van der Waals surface area contributed by atoms with Crippen LogP contribution in [0.5, 0.6) is 0 Å². The second-order valence-electron chi connectivity index (χ2n) is 7.64. The van der Waals surface area contributed by atoms with Gasteiger partial charge in [-0.3, -0.25) is 14.7 Å². The van der Waals surface area contributed by atoms with Gasteiger partial charge in [0, 0.05) is 17.6 Å². The van der Waals surface area contributed by atoms with Crippen molar-refractivity contribution >= 4 is 54.0 Å². The van der Waals surface area contributed by atoms with Crippen LogP contribution >= 0.6 is 22.9 Å². The molecule has 9 heteroatoms. The number of halogens is 1. The van der Waals surface area contributed by atoms with E-state index in [0.717, 1.165) is 21.5 Å². The highest BCUT2D eigenvalue weighted by Crippen LogP contribution is 2.32. The molecular formula is C24H22ClN3O3S2. The van der Waals surface area contributed by atoms with Crippen molar-refractivity contribution in [2.24, 2.45) is 0 Å². The lowest BCUT2D eigenvalue weighted by molar-refractivity contribution is -0.118. The zero-order chi connectivity index (χ0) is 23.4. The topological polar surface area (TPSA) is 80.2 Å². The molecular weight excluding hydrogens is 478 g/mol. The molecule has 0 saturated heterocycles. The van der Waals surface area contributed by atoms with Crippen LogP contribution in [0.15, 0.2) is 71.8 Å². The highest BCUT2D eigenvalue weighted by Gasteiger charge is 2.22. The maximum atomic E-state index is 13.2. The van der Waals surface area contributed by atoms with Gasteiger partial charge in [-0.2, -0.15) is 0 Å². The fourth-order valence-corrected chi connectivity index (χ4v) is 5.90. The largest absolute Gasteiger partial charge is 0.282 e. The average Bonchev–Trinajstić information content (AvgIpc) is 3.21. The highest BCUT2D eigenvalue weighted by atomic mass is 35.5. The summed E-state index contributed by atoms with van der Waals surface area (Å²) in [5.74, 6) is -0.306. The van der Waals surface area contributed by atoms with Crippen LogP contribution < -0.4 is 4.90 Å². The molecule has 0 radical (unpaired) electrons. The molecule has 0 fully saturated rings. The van der Waals surface area contributed by atoms with Crippen molar-refractivity contribution in [3.05, 3.63) is 83.1 Å². The summed E-state index contributed by atoms with van der Waals surface area (Å²) in [6, 6.07) is 17.6. The zero-order valence-electron chi connectivity index (χ0n) is 17.9. The molecule has 0 saturated carbocycles. The Morgan fingerprint density at radius 2 is 1.88 bits per heavy atom. The van der Waals surface area contributed by atoms with E-state index in [4.69, 9.17) is 11.6 Å². The smallest absolute Gasteiger partial charge is 0.229 e. The minimum Gasteiger partial charge on any atom is -0.282 e. The Labute approximate surface area is 201 Å². The molecule has 0 N–H and O–H groups in total. The Balaban J connectivity index is 1.52. The van der Waals surface area contributed by atoms with Crippen molar-refractivity contribution in [2.75, 3.05) is 10.7 Å². The number of rotatable bonds is 8. The van der Waals surface area contributed by atoms with Crippen molar-refractivity contribution in [2.45, 2.75) is 31.2 Å². The molecule has 2 heterocycles. The van der Waals surface area contributed by atoms with Crippen LogP contribution in [0.4, 0.5) is 5.13 Å². The van der Waals surface area contributed by atoms with Crippen molar-refractivity contribution in [3.8, 4) is 0 Å². The third-order valence-corrected chi connectivity index (χ3v) is 8.19. The van der Waals surface area contributed by atoms with Gasteiger partial charge in [0.1, 0.15) is 0 Å². The molecule has 0 spiro atoms. The van der Waals surface area contributed by atoms with E-state index >= 15 is 0 Å². The molecule has 4 aromatic rings. The fraction of sp³-hybridized carbons (Fsp3) is 0.208. The van der Waals surface area contributed by atoms with Crippen molar-refractivity contribution in [1.29, 1.82) is 0 Å². The van der Waals surface area contributed by atoms with E-state index in [1.165, 1.54) is 11.3 Å². The zero-order valence-corrected chi connectivity index (χ0v) is 20.3. The standard InChI is InChI=1S/C24H22ClN3O3S2/c1-17-7-10-20(11-8-17)33(30,31)14-4-6-23(29)28(16-19-5-2-3-13-26-19)24-27-21-12-9-18(25)15-22(21)32-24/h2-3,5,7-13,15H,4,6,14,16H2,1H3. The van der Waals surface area contributed by atoms with Gasteiger partial charge in [-0.1, -0.05) is 46.7 Å². The number of pyridine rings is 1. The molecule has 2 aromatic carbocycles. The fourth-order valence-electron chi connectivity index (χ4n) is 3.33. The van der Waals surface area contributed by atoms with E-state index in [2.05, 4.69) is 9.97 Å². The second kappa shape index (κ2) is 9.99. The number of nitrogens with zero attached hydrogens (tertiary/aromatic N) is 3. The van der Waals surface area contributed by atoms with E-state index in [0.29, 0.717) is 10.2 Å². The Morgan fingerprint density at radius 1 is 1.09 bits per heavy atom. The van der Waals surface area contributed by atoms with Crippen LogP contribution in [0, 0.1) is 6.92 Å². The molecule has 1 amide bonds. The summed E-state index contributed by atoms with van der Waals surface area (Å²) in [4.78, 5) is 24.0. The maximum absolute atomic E-state index is 13.2. The van der Waals surface area contributed by atoms with Gasteiger partial charge < -0.3 is 0 Å². The molecule has 6 nitrogen and oxygen atoms in total.